The summed E-state index contributed by atoms with van der Waals surface area (Å²) in [5.74, 6) is 0.362. The molecule has 0 aliphatic heterocycles. The summed E-state index contributed by atoms with van der Waals surface area (Å²) in [5, 5.41) is 0. The Morgan fingerprint density at radius 1 is 1.08 bits per heavy atom. The van der Waals surface area contributed by atoms with Crippen molar-refractivity contribution >= 4 is 11.9 Å². The van der Waals surface area contributed by atoms with E-state index in [2.05, 4.69) is 0 Å². The summed E-state index contributed by atoms with van der Waals surface area (Å²) >= 11 is 0. The van der Waals surface area contributed by atoms with Gasteiger partial charge in [-0.05, 0) is 36.4 Å². The van der Waals surface area contributed by atoms with Crippen molar-refractivity contribution in [1.29, 1.82) is 0 Å². The van der Waals surface area contributed by atoms with Crippen LogP contribution in [-0.4, -0.2) is 33.2 Å². The summed E-state index contributed by atoms with van der Waals surface area (Å²) in [6, 6.07) is 11.2. The highest BCUT2D eigenvalue weighted by Gasteiger charge is 2.09. The average Bonchev–Trinajstić information content (AvgIpc) is 2.61. The molecule has 0 saturated heterocycles. The first-order valence-corrected chi connectivity index (χ1v) is 7.42. The first-order valence-electron chi connectivity index (χ1n) is 7.42. The van der Waals surface area contributed by atoms with Gasteiger partial charge in [-0.25, -0.2) is 4.39 Å². The fraction of sp³-hybridized carbons (Fsp3) is 0.211. The number of ether oxygens (including phenoxy) is 3. The third kappa shape index (κ3) is 4.67. The van der Waals surface area contributed by atoms with Gasteiger partial charge in [-0.2, -0.15) is 0 Å². The number of hydrogen-bond donors (Lipinski definition) is 0. The molecule has 0 aliphatic carbocycles. The zero-order valence-corrected chi connectivity index (χ0v) is 13.6. The Morgan fingerprint density at radius 2 is 1.88 bits per heavy atom. The van der Waals surface area contributed by atoms with Crippen molar-refractivity contribution in [3.8, 4) is 11.5 Å². The van der Waals surface area contributed by atoms with E-state index in [4.69, 9.17) is 14.2 Å². The van der Waals surface area contributed by atoms with E-state index in [1.54, 1.807) is 43.5 Å². The van der Waals surface area contributed by atoms with Crippen LogP contribution in [0.25, 0.3) is 6.08 Å². The number of carbonyl (C=O) groups is 1. The molecule has 2 aromatic carbocycles. The molecule has 0 aliphatic rings. The van der Waals surface area contributed by atoms with E-state index in [1.165, 1.54) is 25.3 Å². The molecule has 0 spiro atoms. The van der Waals surface area contributed by atoms with Crippen LogP contribution in [0.5, 0.6) is 11.5 Å². The molecule has 0 unspecified atom stereocenters. The van der Waals surface area contributed by atoms with Gasteiger partial charge in [-0.1, -0.05) is 18.2 Å². The monoisotopic (exact) mass is 330 g/mol. The van der Waals surface area contributed by atoms with Gasteiger partial charge in [0.15, 0.2) is 17.3 Å². The second-order valence-corrected chi connectivity index (χ2v) is 4.93. The second kappa shape index (κ2) is 8.84. The number of benzene rings is 2. The topological polar surface area (TPSA) is 44.8 Å². The number of carbonyl (C=O) groups excluding carboxylic acids is 1. The Labute approximate surface area is 140 Å². The van der Waals surface area contributed by atoms with Crippen molar-refractivity contribution in [3.05, 3.63) is 65.5 Å². The van der Waals surface area contributed by atoms with Crippen molar-refractivity contribution in [1.82, 2.24) is 0 Å². The van der Waals surface area contributed by atoms with Crippen LogP contribution in [0.1, 0.15) is 15.9 Å². The molecule has 5 heteroatoms. The highest BCUT2D eigenvalue weighted by Crippen LogP contribution is 2.28. The summed E-state index contributed by atoms with van der Waals surface area (Å²) in [6.45, 7) is 0.836. The normalized spacial score (nSPS) is 10.8. The fourth-order valence-electron chi connectivity index (χ4n) is 2.05. The quantitative estimate of drug-likeness (QED) is 0.420. The molecule has 0 heterocycles. The molecule has 0 saturated carbocycles. The summed E-state index contributed by atoms with van der Waals surface area (Å²) < 4.78 is 29.2. The molecule has 0 N–H and O–H groups in total. The van der Waals surface area contributed by atoms with Gasteiger partial charge in [0.2, 0.25) is 0 Å². The summed E-state index contributed by atoms with van der Waals surface area (Å²) in [7, 11) is 3.09. The molecular formula is C19H19FO4. The van der Waals surface area contributed by atoms with E-state index in [-0.39, 0.29) is 11.6 Å². The van der Waals surface area contributed by atoms with E-state index in [9.17, 15) is 9.18 Å². The minimum Gasteiger partial charge on any atom is -0.493 e. The predicted molar refractivity (Wildman–Crippen MR) is 90.1 cm³/mol. The Bertz CT molecular complexity index is 725. The average molecular weight is 330 g/mol. The summed E-state index contributed by atoms with van der Waals surface area (Å²) in [4.78, 5) is 12.2. The number of hydrogen-bond acceptors (Lipinski definition) is 4. The maximum Gasteiger partial charge on any atom is 0.185 e. The van der Waals surface area contributed by atoms with E-state index in [0.29, 0.717) is 35.8 Å². The lowest BCUT2D eigenvalue weighted by Gasteiger charge is -2.11. The molecular weight excluding hydrogens is 311 g/mol. The molecule has 4 nitrogen and oxygen atoms in total. The third-order valence-electron chi connectivity index (χ3n) is 3.31. The van der Waals surface area contributed by atoms with Crippen molar-refractivity contribution in [2.45, 2.75) is 0 Å². The number of methoxy groups -OCH3 is 2. The zero-order chi connectivity index (χ0) is 17.4. The number of ketones is 1. The molecule has 0 atom stereocenters. The van der Waals surface area contributed by atoms with Gasteiger partial charge in [-0.15, -0.1) is 0 Å². The second-order valence-electron chi connectivity index (χ2n) is 4.93. The lowest BCUT2D eigenvalue weighted by atomic mass is 10.1. The van der Waals surface area contributed by atoms with Crippen molar-refractivity contribution in [3.63, 3.8) is 0 Å². The highest BCUT2D eigenvalue weighted by atomic mass is 19.1. The Hall–Kier alpha value is -2.66. The van der Waals surface area contributed by atoms with Gasteiger partial charge in [0.05, 0.1) is 13.7 Å². The molecule has 0 amide bonds. The van der Waals surface area contributed by atoms with Gasteiger partial charge in [0.1, 0.15) is 12.4 Å². The number of allylic oxidation sites excluding steroid dienone is 1. The van der Waals surface area contributed by atoms with Gasteiger partial charge >= 0.3 is 0 Å². The minimum absolute atomic E-state index is 0.250. The molecule has 0 bridgehead atoms. The molecule has 0 aromatic heterocycles. The standard InChI is InChI=1S/C19H19FO4/c1-22-11-12-24-18-10-8-15(13-19(18)23-2)17(21)9-7-14-5-3-4-6-16(14)20/h3-10,13H,11-12H2,1-2H3/b9-7+. The molecule has 2 aromatic rings. The van der Waals surface area contributed by atoms with Crippen LogP contribution in [0.15, 0.2) is 48.5 Å². The van der Waals surface area contributed by atoms with E-state index < -0.39 is 0 Å². The number of halogens is 1. The maximum absolute atomic E-state index is 13.6. The van der Waals surface area contributed by atoms with Gasteiger partial charge < -0.3 is 14.2 Å². The van der Waals surface area contributed by atoms with E-state index in [1.807, 2.05) is 0 Å². The lowest BCUT2D eigenvalue weighted by Crippen LogP contribution is -2.06. The Morgan fingerprint density at radius 3 is 2.58 bits per heavy atom. The predicted octanol–water partition coefficient (Wildman–Crippen LogP) is 3.76. The van der Waals surface area contributed by atoms with Crippen LogP contribution < -0.4 is 9.47 Å². The van der Waals surface area contributed by atoms with Gasteiger partial charge in [0, 0.05) is 18.2 Å². The lowest BCUT2D eigenvalue weighted by molar-refractivity contribution is 0.104. The van der Waals surface area contributed by atoms with Crippen LogP contribution in [0.2, 0.25) is 0 Å². The largest absolute Gasteiger partial charge is 0.493 e. The Kier molecular flexibility index (Phi) is 6.51. The fourth-order valence-corrected chi connectivity index (χ4v) is 2.05. The smallest absolute Gasteiger partial charge is 0.185 e. The van der Waals surface area contributed by atoms with Gasteiger partial charge in [0.25, 0.3) is 0 Å². The summed E-state index contributed by atoms with van der Waals surface area (Å²) in [5.41, 5.74) is 0.788. The van der Waals surface area contributed by atoms with E-state index in [0.717, 1.165) is 0 Å². The maximum atomic E-state index is 13.6. The molecule has 126 valence electrons. The zero-order valence-electron chi connectivity index (χ0n) is 13.6. The first-order chi connectivity index (χ1) is 11.7. The van der Waals surface area contributed by atoms with Crippen LogP contribution in [-0.2, 0) is 4.74 Å². The first kappa shape index (κ1) is 17.7. The minimum atomic E-state index is -0.374. The molecule has 0 radical (unpaired) electrons. The van der Waals surface area contributed by atoms with E-state index >= 15 is 0 Å². The SMILES string of the molecule is COCCOc1ccc(C(=O)/C=C/c2ccccc2F)cc1OC. The van der Waals surface area contributed by atoms with Crippen LogP contribution in [0.4, 0.5) is 4.39 Å². The molecule has 2 rings (SSSR count). The van der Waals surface area contributed by atoms with Crippen LogP contribution in [0.3, 0.4) is 0 Å². The van der Waals surface area contributed by atoms with Crippen LogP contribution >= 0.6 is 0 Å². The van der Waals surface area contributed by atoms with Crippen molar-refractivity contribution < 1.29 is 23.4 Å². The number of rotatable bonds is 8. The third-order valence-corrected chi connectivity index (χ3v) is 3.31. The van der Waals surface area contributed by atoms with Crippen LogP contribution in [0, 0.1) is 5.82 Å². The van der Waals surface area contributed by atoms with Crippen molar-refractivity contribution in [2.24, 2.45) is 0 Å². The van der Waals surface area contributed by atoms with Crippen molar-refractivity contribution in [2.75, 3.05) is 27.4 Å². The van der Waals surface area contributed by atoms with Gasteiger partial charge in [-0.3, -0.25) is 4.79 Å². The Balaban J connectivity index is 2.13. The summed E-state index contributed by atoms with van der Waals surface area (Å²) in [6.07, 6.45) is 2.78. The molecule has 0 fully saturated rings. The molecule has 24 heavy (non-hydrogen) atoms. The highest BCUT2D eigenvalue weighted by molar-refractivity contribution is 6.07.